The Bertz CT molecular complexity index is 814. The summed E-state index contributed by atoms with van der Waals surface area (Å²) in [5, 5.41) is 6.90. The summed E-state index contributed by atoms with van der Waals surface area (Å²) in [4.78, 5) is 12.4. The van der Waals surface area contributed by atoms with Crippen LogP contribution in [0.1, 0.15) is 27.9 Å². The van der Waals surface area contributed by atoms with Crippen molar-refractivity contribution < 1.29 is 13.2 Å². The second kappa shape index (κ2) is 7.59. The molecule has 130 valence electrons. The molecule has 2 N–H and O–H groups in total. The highest BCUT2D eigenvalue weighted by molar-refractivity contribution is 7.89. The quantitative estimate of drug-likeness (QED) is 0.735. The Morgan fingerprint density at radius 1 is 1.29 bits per heavy atom. The zero-order valence-corrected chi connectivity index (χ0v) is 14.9. The number of aromatic nitrogens is 2. The molecule has 1 aromatic carbocycles. The van der Waals surface area contributed by atoms with Crippen molar-refractivity contribution in [2.45, 2.75) is 31.7 Å². The van der Waals surface area contributed by atoms with Gasteiger partial charge in [0.15, 0.2) is 0 Å². The molecule has 2 rings (SSSR count). The van der Waals surface area contributed by atoms with E-state index in [2.05, 4.69) is 15.1 Å². The van der Waals surface area contributed by atoms with Gasteiger partial charge in [0.1, 0.15) is 0 Å². The maximum Gasteiger partial charge on any atom is 0.251 e. The molecule has 2 aromatic rings. The SMILES string of the molecule is CNS(=O)(=O)c1cc(C(=O)NCCCn2cccn2)cc(C)c1C. The lowest BCUT2D eigenvalue weighted by Gasteiger charge is -2.12. The molecule has 0 saturated carbocycles. The largest absolute Gasteiger partial charge is 0.352 e. The van der Waals surface area contributed by atoms with Gasteiger partial charge in [-0.3, -0.25) is 9.48 Å². The van der Waals surface area contributed by atoms with Crippen LogP contribution in [-0.4, -0.2) is 37.7 Å². The van der Waals surface area contributed by atoms with E-state index in [1.165, 1.54) is 13.1 Å². The molecule has 0 atom stereocenters. The van der Waals surface area contributed by atoms with Crippen LogP contribution < -0.4 is 10.0 Å². The van der Waals surface area contributed by atoms with E-state index in [-0.39, 0.29) is 10.8 Å². The van der Waals surface area contributed by atoms with Crippen LogP contribution in [0.3, 0.4) is 0 Å². The van der Waals surface area contributed by atoms with Crippen molar-refractivity contribution in [1.29, 1.82) is 0 Å². The van der Waals surface area contributed by atoms with Gasteiger partial charge in [-0.25, -0.2) is 13.1 Å². The van der Waals surface area contributed by atoms with Gasteiger partial charge in [0.25, 0.3) is 5.91 Å². The van der Waals surface area contributed by atoms with Crippen molar-refractivity contribution in [2.24, 2.45) is 0 Å². The monoisotopic (exact) mass is 350 g/mol. The van der Waals surface area contributed by atoms with Crippen LogP contribution in [0.4, 0.5) is 0 Å². The van der Waals surface area contributed by atoms with Gasteiger partial charge in [0.2, 0.25) is 10.0 Å². The minimum absolute atomic E-state index is 0.131. The Balaban J connectivity index is 2.06. The van der Waals surface area contributed by atoms with Crippen LogP contribution in [0.25, 0.3) is 0 Å². The average Bonchev–Trinajstić information content (AvgIpc) is 3.07. The number of hydrogen-bond donors (Lipinski definition) is 2. The Kier molecular flexibility index (Phi) is 5.74. The molecule has 0 aliphatic carbocycles. The fourth-order valence-electron chi connectivity index (χ4n) is 2.32. The lowest BCUT2D eigenvalue weighted by atomic mass is 10.1. The molecular weight excluding hydrogens is 328 g/mol. The predicted molar refractivity (Wildman–Crippen MR) is 91.3 cm³/mol. The second-order valence-electron chi connectivity index (χ2n) is 5.50. The highest BCUT2D eigenvalue weighted by Gasteiger charge is 2.19. The third kappa shape index (κ3) is 4.21. The van der Waals surface area contributed by atoms with Gasteiger partial charge >= 0.3 is 0 Å². The third-order valence-corrected chi connectivity index (χ3v) is 5.39. The summed E-state index contributed by atoms with van der Waals surface area (Å²) in [7, 11) is -2.25. The maximum atomic E-state index is 12.3. The van der Waals surface area contributed by atoms with Crippen LogP contribution in [0, 0.1) is 13.8 Å². The standard InChI is InChI=1S/C16H22N4O3S/c1-12-10-14(11-15(13(12)2)24(22,23)17-3)16(21)18-6-4-8-20-9-5-7-19-20/h5,7,9-11,17H,4,6,8H2,1-3H3,(H,18,21). The number of aryl methyl sites for hydroxylation is 2. The van der Waals surface area contributed by atoms with Crippen LogP contribution in [0.2, 0.25) is 0 Å². The Hall–Kier alpha value is -2.19. The molecule has 0 unspecified atom stereocenters. The Morgan fingerprint density at radius 3 is 2.67 bits per heavy atom. The van der Waals surface area contributed by atoms with Gasteiger partial charge in [-0.2, -0.15) is 5.10 Å². The van der Waals surface area contributed by atoms with E-state index in [9.17, 15) is 13.2 Å². The van der Waals surface area contributed by atoms with Crippen LogP contribution in [0.5, 0.6) is 0 Å². The van der Waals surface area contributed by atoms with Crippen LogP contribution in [0.15, 0.2) is 35.5 Å². The molecule has 8 heteroatoms. The normalized spacial score (nSPS) is 11.5. The molecule has 1 amide bonds. The molecule has 0 saturated heterocycles. The van der Waals surface area contributed by atoms with Gasteiger partial charge in [-0.15, -0.1) is 0 Å². The van der Waals surface area contributed by atoms with Gasteiger partial charge in [-0.05, 0) is 56.6 Å². The first-order chi connectivity index (χ1) is 11.3. The minimum Gasteiger partial charge on any atom is -0.352 e. The summed E-state index contributed by atoms with van der Waals surface area (Å²) in [6.07, 6.45) is 4.30. The lowest BCUT2D eigenvalue weighted by Crippen LogP contribution is -2.26. The number of nitrogens with one attached hydrogen (secondary N) is 2. The minimum atomic E-state index is -3.60. The molecule has 1 aromatic heterocycles. The smallest absolute Gasteiger partial charge is 0.251 e. The fourth-order valence-corrected chi connectivity index (χ4v) is 3.39. The molecule has 0 radical (unpaired) electrons. The molecule has 24 heavy (non-hydrogen) atoms. The molecule has 0 fully saturated rings. The summed E-state index contributed by atoms with van der Waals surface area (Å²) in [6, 6.07) is 4.96. The van der Waals surface area contributed by atoms with E-state index in [1.54, 1.807) is 30.8 Å². The van der Waals surface area contributed by atoms with Gasteiger partial charge in [0.05, 0.1) is 4.90 Å². The molecule has 7 nitrogen and oxygen atoms in total. The van der Waals surface area contributed by atoms with Crippen molar-refractivity contribution in [3.8, 4) is 0 Å². The molecule has 1 heterocycles. The molecule has 0 spiro atoms. The van der Waals surface area contributed by atoms with Gasteiger partial charge < -0.3 is 5.32 Å². The number of sulfonamides is 1. The Morgan fingerprint density at radius 2 is 2.04 bits per heavy atom. The number of hydrogen-bond acceptors (Lipinski definition) is 4. The highest BCUT2D eigenvalue weighted by Crippen LogP contribution is 2.21. The van der Waals surface area contributed by atoms with Crippen molar-refractivity contribution >= 4 is 15.9 Å². The number of carbonyl (C=O) groups is 1. The average molecular weight is 350 g/mol. The lowest BCUT2D eigenvalue weighted by molar-refractivity contribution is 0.0952. The number of nitrogens with zero attached hydrogens (tertiary/aromatic N) is 2. The fraction of sp³-hybridized carbons (Fsp3) is 0.375. The van der Waals surface area contributed by atoms with Gasteiger partial charge in [0, 0.05) is 31.0 Å². The zero-order valence-electron chi connectivity index (χ0n) is 14.0. The molecule has 0 bridgehead atoms. The third-order valence-electron chi connectivity index (χ3n) is 3.85. The number of carbonyl (C=O) groups excluding carboxylic acids is 1. The van der Waals surface area contributed by atoms with E-state index in [0.717, 1.165) is 12.0 Å². The van der Waals surface area contributed by atoms with E-state index in [1.807, 2.05) is 12.3 Å². The highest BCUT2D eigenvalue weighted by atomic mass is 32.2. The van der Waals surface area contributed by atoms with E-state index in [4.69, 9.17) is 0 Å². The summed E-state index contributed by atoms with van der Waals surface area (Å²) in [6.45, 7) is 4.71. The predicted octanol–water partition coefficient (Wildman–Crippen LogP) is 1.23. The first-order valence-corrected chi connectivity index (χ1v) is 9.14. The number of amides is 1. The topological polar surface area (TPSA) is 93.1 Å². The Labute approximate surface area is 142 Å². The summed E-state index contributed by atoms with van der Waals surface area (Å²) in [5.74, 6) is -0.286. The molecule has 0 aliphatic heterocycles. The van der Waals surface area contributed by atoms with Crippen molar-refractivity contribution in [3.05, 3.63) is 47.3 Å². The maximum absolute atomic E-state index is 12.3. The van der Waals surface area contributed by atoms with E-state index < -0.39 is 10.0 Å². The van der Waals surface area contributed by atoms with E-state index in [0.29, 0.717) is 24.2 Å². The van der Waals surface area contributed by atoms with Crippen LogP contribution >= 0.6 is 0 Å². The first-order valence-electron chi connectivity index (χ1n) is 7.65. The van der Waals surface area contributed by atoms with Crippen molar-refractivity contribution in [3.63, 3.8) is 0 Å². The molecule has 0 aliphatic rings. The number of rotatable bonds is 7. The van der Waals surface area contributed by atoms with E-state index >= 15 is 0 Å². The number of benzene rings is 1. The van der Waals surface area contributed by atoms with Crippen molar-refractivity contribution in [2.75, 3.05) is 13.6 Å². The second-order valence-corrected chi connectivity index (χ2v) is 7.36. The first kappa shape index (κ1) is 18.2. The summed E-state index contributed by atoms with van der Waals surface area (Å²) < 4.78 is 28.3. The summed E-state index contributed by atoms with van der Waals surface area (Å²) >= 11 is 0. The van der Waals surface area contributed by atoms with Gasteiger partial charge in [-0.1, -0.05) is 0 Å². The summed E-state index contributed by atoms with van der Waals surface area (Å²) in [5.41, 5.74) is 1.73. The van der Waals surface area contributed by atoms with Crippen molar-refractivity contribution in [1.82, 2.24) is 19.8 Å². The zero-order chi connectivity index (χ0) is 17.7. The molecular formula is C16H22N4O3S. The van der Waals surface area contributed by atoms with Crippen LogP contribution in [-0.2, 0) is 16.6 Å².